The van der Waals surface area contributed by atoms with Crippen LogP contribution in [0.1, 0.15) is 23.5 Å². The van der Waals surface area contributed by atoms with E-state index < -0.39 is 0 Å². The average Bonchev–Trinajstić information content (AvgIpc) is 3.09. The second-order valence-corrected chi connectivity index (χ2v) is 6.82. The van der Waals surface area contributed by atoms with Gasteiger partial charge in [-0.25, -0.2) is 4.98 Å². The third-order valence-electron chi connectivity index (χ3n) is 4.11. The number of methoxy groups -OCH3 is 1. The van der Waals surface area contributed by atoms with Crippen molar-refractivity contribution in [3.05, 3.63) is 65.2 Å². The van der Waals surface area contributed by atoms with Gasteiger partial charge >= 0.3 is 0 Å². The van der Waals surface area contributed by atoms with Crippen LogP contribution in [0.15, 0.2) is 54.6 Å². The highest BCUT2D eigenvalue weighted by molar-refractivity contribution is 7.18. The number of amides is 1. The average molecular weight is 352 g/mol. The van der Waals surface area contributed by atoms with Gasteiger partial charge in [0.2, 0.25) is 5.91 Å². The van der Waals surface area contributed by atoms with Gasteiger partial charge in [0.05, 0.1) is 23.4 Å². The van der Waals surface area contributed by atoms with E-state index in [9.17, 15) is 4.79 Å². The Morgan fingerprint density at radius 2 is 2.04 bits per heavy atom. The first kappa shape index (κ1) is 17.2. The van der Waals surface area contributed by atoms with E-state index in [1.807, 2.05) is 55.5 Å². The zero-order valence-corrected chi connectivity index (χ0v) is 15.3. The molecule has 0 aliphatic heterocycles. The van der Waals surface area contributed by atoms with Gasteiger partial charge in [-0.2, -0.15) is 0 Å². The number of benzene rings is 2. The van der Waals surface area contributed by atoms with E-state index in [0.717, 1.165) is 26.5 Å². The summed E-state index contributed by atoms with van der Waals surface area (Å²) in [5.74, 6) is 0.709. The van der Waals surface area contributed by atoms with Crippen LogP contribution in [0.5, 0.6) is 5.75 Å². The topological polar surface area (TPSA) is 42.4 Å². The molecule has 0 saturated carbocycles. The Morgan fingerprint density at radius 3 is 2.80 bits per heavy atom. The molecular formula is C20H20N2O2S. The normalized spacial score (nSPS) is 12.4. The first-order valence-electron chi connectivity index (χ1n) is 8.03. The third kappa shape index (κ3) is 3.88. The molecule has 0 radical (unpaired) electrons. The molecule has 128 valence electrons. The van der Waals surface area contributed by atoms with Crippen LogP contribution in [-0.2, 0) is 4.79 Å². The molecule has 4 nitrogen and oxygen atoms in total. The molecule has 2 aromatic carbocycles. The van der Waals surface area contributed by atoms with Gasteiger partial charge in [0.15, 0.2) is 0 Å². The zero-order chi connectivity index (χ0) is 17.8. The first-order chi connectivity index (χ1) is 12.1. The number of thiazole rings is 1. The number of hydrogen-bond acceptors (Lipinski definition) is 4. The van der Waals surface area contributed by atoms with Gasteiger partial charge in [-0.1, -0.05) is 24.3 Å². The van der Waals surface area contributed by atoms with Gasteiger partial charge in [0.25, 0.3) is 0 Å². The Kier molecular flexibility index (Phi) is 5.14. The van der Waals surface area contributed by atoms with E-state index in [2.05, 4.69) is 4.98 Å². The van der Waals surface area contributed by atoms with Gasteiger partial charge in [-0.15, -0.1) is 11.3 Å². The number of likely N-dealkylation sites (N-methyl/N-ethyl adjacent to an activating group) is 1. The monoisotopic (exact) mass is 352 g/mol. The molecule has 1 aromatic heterocycles. The molecular weight excluding hydrogens is 332 g/mol. The molecule has 5 heteroatoms. The lowest BCUT2D eigenvalue weighted by molar-refractivity contribution is -0.126. The minimum atomic E-state index is -0.0835. The van der Waals surface area contributed by atoms with Crippen molar-refractivity contribution in [3.8, 4) is 5.75 Å². The van der Waals surface area contributed by atoms with Crippen LogP contribution >= 0.6 is 11.3 Å². The highest BCUT2D eigenvalue weighted by atomic mass is 32.1. The molecule has 1 atom stereocenters. The fourth-order valence-electron chi connectivity index (χ4n) is 2.46. The third-order valence-corrected chi connectivity index (χ3v) is 5.32. The highest BCUT2D eigenvalue weighted by Crippen LogP contribution is 2.29. The van der Waals surface area contributed by atoms with Crippen LogP contribution < -0.4 is 4.74 Å². The molecule has 0 spiro atoms. The molecule has 1 heterocycles. The molecule has 1 amide bonds. The van der Waals surface area contributed by atoms with Gasteiger partial charge in [0, 0.05) is 13.1 Å². The van der Waals surface area contributed by atoms with Crippen molar-refractivity contribution in [3.63, 3.8) is 0 Å². The molecule has 3 rings (SSSR count). The number of nitrogens with zero attached hydrogens (tertiary/aromatic N) is 2. The zero-order valence-electron chi connectivity index (χ0n) is 14.5. The summed E-state index contributed by atoms with van der Waals surface area (Å²) in [6.45, 7) is 2.00. The predicted molar refractivity (Wildman–Crippen MR) is 103 cm³/mol. The van der Waals surface area contributed by atoms with Crippen LogP contribution in [-0.4, -0.2) is 29.9 Å². The first-order valence-corrected chi connectivity index (χ1v) is 8.84. The van der Waals surface area contributed by atoms with Gasteiger partial charge < -0.3 is 9.64 Å². The molecule has 0 bridgehead atoms. The van der Waals surface area contributed by atoms with Gasteiger partial charge in [0.1, 0.15) is 10.8 Å². The summed E-state index contributed by atoms with van der Waals surface area (Å²) < 4.78 is 6.33. The van der Waals surface area contributed by atoms with Crippen molar-refractivity contribution >= 4 is 33.5 Å². The lowest BCUT2D eigenvalue weighted by atomic mass is 10.2. The summed E-state index contributed by atoms with van der Waals surface area (Å²) in [7, 11) is 3.43. The number of hydrogen-bond donors (Lipinski definition) is 0. The maximum atomic E-state index is 12.5. The van der Waals surface area contributed by atoms with Crippen molar-refractivity contribution in [2.75, 3.05) is 14.2 Å². The molecule has 25 heavy (non-hydrogen) atoms. The van der Waals surface area contributed by atoms with Crippen molar-refractivity contribution in [2.24, 2.45) is 0 Å². The molecule has 0 aliphatic rings. The smallest absolute Gasteiger partial charge is 0.246 e. The second kappa shape index (κ2) is 7.49. The van der Waals surface area contributed by atoms with Crippen molar-refractivity contribution < 1.29 is 9.53 Å². The van der Waals surface area contributed by atoms with Gasteiger partial charge in [-0.05, 0) is 42.8 Å². The fraction of sp³-hybridized carbons (Fsp3) is 0.200. The minimum Gasteiger partial charge on any atom is -0.497 e. The lowest BCUT2D eigenvalue weighted by Gasteiger charge is -2.21. The minimum absolute atomic E-state index is 0.0606. The number of rotatable bonds is 5. The number of carbonyl (C=O) groups excluding carboxylic acids is 1. The summed E-state index contributed by atoms with van der Waals surface area (Å²) in [5.41, 5.74) is 1.90. The van der Waals surface area contributed by atoms with Crippen LogP contribution in [0.25, 0.3) is 16.3 Å². The van der Waals surface area contributed by atoms with Gasteiger partial charge in [-0.3, -0.25) is 4.79 Å². The summed E-state index contributed by atoms with van der Waals surface area (Å²) in [4.78, 5) is 18.8. The van der Waals surface area contributed by atoms with Crippen LogP contribution in [0.3, 0.4) is 0 Å². The van der Waals surface area contributed by atoms with Crippen molar-refractivity contribution in [1.82, 2.24) is 9.88 Å². The largest absolute Gasteiger partial charge is 0.497 e. The Balaban J connectivity index is 1.73. The number of carbonyl (C=O) groups is 1. The van der Waals surface area contributed by atoms with Crippen LogP contribution in [0.2, 0.25) is 0 Å². The quantitative estimate of drug-likeness (QED) is 0.633. The maximum Gasteiger partial charge on any atom is 0.246 e. The standard InChI is InChI=1S/C20H20N2O2S/c1-14(20-21-17-9-4-5-10-18(17)25-20)22(2)19(23)12-11-15-7-6-8-16(13-15)24-3/h4-14H,1-3H3/b12-11+/t14-/m1/s1. The van der Waals surface area contributed by atoms with Crippen LogP contribution in [0.4, 0.5) is 0 Å². The number of aromatic nitrogens is 1. The van der Waals surface area contributed by atoms with E-state index in [0.29, 0.717) is 0 Å². The highest BCUT2D eigenvalue weighted by Gasteiger charge is 2.19. The van der Waals surface area contributed by atoms with Crippen molar-refractivity contribution in [2.45, 2.75) is 13.0 Å². The SMILES string of the molecule is COc1cccc(/C=C/C(=O)N(C)[C@H](C)c2nc3ccccc3s2)c1. The molecule has 0 saturated heterocycles. The van der Waals surface area contributed by atoms with E-state index >= 15 is 0 Å². The van der Waals surface area contributed by atoms with E-state index in [-0.39, 0.29) is 11.9 Å². The Hall–Kier alpha value is -2.66. The molecule has 0 unspecified atom stereocenters. The number of fused-ring (bicyclic) bond motifs is 1. The molecule has 0 aliphatic carbocycles. The van der Waals surface area contributed by atoms with Crippen molar-refractivity contribution in [1.29, 1.82) is 0 Å². The summed E-state index contributed by atoms with van der Waals surface area (Å²) in [5, 5.41) is 0.937. The Bertz CT molecular complexity index is 884. The Morgan fingerprint density at radius 1 is 1.24 bits per heavy atom. The summed E-state index contributed by atoms with van der Waals surface area (Å²) >= 11 is 1.62. The van der Waals surface area contributed by atoms with E-state index in [1.54, 1.807) is 42.5 Å². The molecule has 0 N–H and O–H groups in total. The number of ether oxygens (including phenoxy) is 1. The number of para-hydroxylation sites is 1. The maximum absolute atomic E-state index is 12.5. The summed E-state index contributed by atoms with van der Waals surface area (Å²) in [6, 6.07) is 15.5. The summed E-state index contributed by atoms with van der Waals surface area (Å²) in [6.07, 6.45) is 3.38. The predicted octanol–water partition coefficient (Wildman–Crippen LogP) is 4.54. The molecule has 0 fully saturated rings. The van der Waals surface area contributed by atoms with E-state index in [4.69, 9.17) is 4.74 Å². The van der Waals surface area contributed by atoms with E-state index in [1.165, 1.54) is 0 Å². The Labute approximate surface area is 151 Å². The lowest BCUT2D eigenvalue weighted by Crippen LogP contribution is -2.27. The fourth-order valence-corrected chi connectivity index (χ4v) is 3.52. The molecule has 3 aromatic rings. The second-order valence-electron chi connectivity index (χ2n) is 5.75. The van der Waals surface area contributed by atoms with Crippen LogP contribution in [0, 0.1) is 0 Å².